The van der Waals surface area contributed by atoms with Crippen LogP contribution < -0.4 is 10.1 Å². The van der Waals surface area contributed by atoms with E-state index in [1.807, 2.05) is 34.7 Å². The minimum atomic E-state index is -0.381. The normalized spacial score (nSPS) is 13.1. The Kier molecular flexibility index (Phi) is 5.78. The number of carbonyl (C=O) groups excluding carboxylic acids is 1. The first-order valence-electron chi connectivity index (χ1n) is 7.20. The fourth-order valence-corrected chi connectivity index (χ4v) is 2.36. The van der Waals surface area contributed by atoms with Crippen LogP contribution in [0, 0.1) is 19.3 Å². The van der Waals surface area contributed by atoms with Gasteiger partial charge in [-0.2, -0.15) is 5.10 Å². The SMILES string of the molecule is Cc1nn(C)c(C)c1OCC(=O)NCC(C)(C)CC(C)O. The maximum Gasteiger partial charge on any atom is 0.257 e. The van der Waals surface area contributed by atoms with Crippen molar-refractivity contribution >= 4 is 5.91 Å². The molecule has 1 aromatic rings. The molecule has 0 aliphatic rings. The van der Waals surface area contributed by atoms with E-state index in [1.165, 1.54) is 0 Å². The fraction of sp³-hybridized carbons (Fsp3) is 0.733. The molecule has 120 valence electrons. The molecular formula is C15H27N3O3. The smallest absolute Gasteiger partial charge is 0.257 e. The molecule has 1 aromatic heterocycles. The molecule has 0 bridgehead atoms. The average molecular weight is 297 g/mol. The monoisotopic (exact) mass is 297 g/mol. The topological polar surface area (TPSA) is 76.4 Å². The van der Waals surface area contributed by atoms with Crippen LogP contribution in [0.2, 0.25) is 0 Å². The quantitative estimate of drug-likeness (QED) is 0.796. The summed E-state index contributed by atoms with van der Waals surface area (Å²) < 4.78 is 7.28. The van der Waals surface area contributed by atoms with Gasteiger partial charge >= 0.3 is 0 Å². The first kappa shape index (κ1) is 17.5. The van der Waals surface area contributed by atoms with E-state index < -0.39 is 0 Å². The molecule has 0 fully saturated rings. The number of aliphatic hydroxyl groups excluding tert-OH is 1. The molecule has 1 heterocycles. The molecule has 1 unspecified atom stereocenters. The predicted octanol–water partition coefficient (Wildman–Crippen LogP) is 1.33. The van der Waals surface area contributed by atoms with Crippen molar-refractivity contribution in [2.75, 3.05) is 13.2 Å². The van der Waals surface area contributed by atoms with E-state index in [1.54, 1.807) is 11.6 Å². The second-order valence-corrected chi connectivity index (χ2v) is 6.41. The minimum Gasteiger partial charge on any atom is -0.480 e. The highest BCUT2D eigenvalue weighted by Crippen LogP contribution is 2.22. The summed E-state index contributed by atoms with van der Waals surface area (Å²) in [5.41, 5.74) is 1.52. The number of rotatable bonds is 7. The van der Waals surface area contributed by atoms with Crippen molar-refractivity contribution in [3.63, 3.8) is 0 Å². The van der Waals surface area contributed by atoms with Gasteiger partial charge < -0.3 is 15.2 Å². The van der Waals surface area contributed by atoms with Crippen LogP contribution in [0.25, 0.3) is 0 Å². The maximum absolute atomic E-state index is 11.9. The molecule has 0 aliphatic heterocycles. The molecule has 1 amide bonds. The number of nitrogens with zero attached hydrogens (tertiary/aromatic N) is 2. The minimum absolute atomic E-state index is 0.0296. The summed E-state index contributed by atoms with van der Waals surface area (Å²) in [5, 5.41) is 16.5. The van der Waals surface area contributed by atoms with Crippen molar-refractivity contribution in [1.29, 1.82) is 0 Å². The van der Waals surface area contributed by atoms with Crippen molar-refractivity contribution in [2.45, 2.75) is 47.1 Å². The third-order valence-corrected chi connectivity index (χ3v) is 3.40. The van der Waals surface area contributed by atoms with E-state index in [9.17, 15) is 9.90 Å². The van der Waals surface area contributed by atoms with Crippen molar-refractivity contribution in [2.24, 2.45) is 12.5 Å². The lowest BCUT2D eigenvalue weighted by Gasteiger charge is -2.26. The van der Waals surface area contributed by atoms with Crippen LogP contribution in [-0.4, -0.2) is 40.0 Å². The lowest BCUT2D eigenvalue weighted by atomic mass is 9.87. The molecule has 1 atom stereocenters. The van der Waals surface area contributed by atoms with Crippen molar-refractivity contribution in [1.82, 2.24) is 15.1 Å². The van der Waals surface area contributed by atoms with E-state index >= 15 is 0 Å². The summed E-state index contributed by atoms with van der Waals surface area (Å²) >= 11 is 0. The van der Waals surface area contributed by atoms with Crippen molar-refractivity contribution in [3.8, 4) is 5.75 Å². The highest BCUT2D eigenvalue weighted by Gasteiger charge is 2.21. The molecule has 6 nitrogen and oxygen atoms in total. The molecule has 21 heavy (non-hydrogen) atoms. The van der Waals surface area contributed by atoms with Crippen molar-refractivity contribution in [3.05, 3.63) is 11.4 Å². The lowest BCUT2D eigenvalue weighted by Crippen LogP contribution is -2.38. The third kappa shape index (κ3) is 5.38. The van der Waals surface area contributed by atoms with Crippen LogP contribution in [0.1, 0.15) is 38.6 Å². The summed E-state index contributed by atoms with van der Waals surface area (Å²) in [4.78, 5) is 11.9. The van der Waals surface area contributed by atoms with Gasteiger partial charge in [0.05, 0.1) is 11.8 Å². The van der Waals surface area contributed by atoms with Gasteiger partial charge in [-0.1, -0.05) is 13.8 Å². The van der Waals surface area contributed by atoms with Crippen LogP contribution in [0.5, 0.6) is 5.75 Å². The predicted molar refractivity (Wildman–Crippen MR) is 81.3 cm³/mol. The van der Waals surface area contributed by atoms with E-state index in [4.69, 9.17) is 4.74 Å². The number of hydrogen-bond acceptors (Lipinski definition) is 4. The number of ether oxygens (including phenoxy) is 1. The van der Waals surface area contributed by atoms with Gasteiger partial charge in [-0.25, -0.2) is 0 Å². The number of carbonyl (C=O) groups is 1. The van der Waals surface area contributed by atoms with E-state index in [2.05, 4.69) is 10.4 Å². The maximum atomic E-state index is 11.9. The Balaban J connectivity index is 2.44. The molecule has 0 aliphatic carbocycles. The van der Waals surface area contributed by atoms with Crippen LogP contribution in [0.15, 0.2) is 0 Å². The van der Waals surface area contributed by atoms with Crippen LogP contribution in [0.4, 0.5) is 0 Å². The van der Waals surface area contributed by atoms with Gasteiger partial charge in [0.1, 0.15) is 5.69 Å². The second-order valence-electron chi connectivity index (χ2n) is 6.41. The van der Waals surface area contributed by atoms with Gasteiger partial charge in [0, 0.05) is 13.6 Å². The number of amides is 1. The molecule has 0 spiro atoms. The Morgan fingerprint density at radius 2 is 2.10 bits per heavy atom. The van der Waals surface area contributed by atoms with Crippen LogP contribution >= 0.6 is 0 Å². The Bertz CT molecular complexity index is 493. The first-order valence-corrected chi connectivity index (χ1v) is 7.20. The lowest BCUT2D eigenvalue weighted by molar-refractivity contribution is -0.123. The van der Waals surface area contributed by atoms with Crippen LogP contribution in [0.3, 0.4) is 0 Å². The zero-order valence-corrected chi connectivity index (χ0v) is 13.9. The van der Waals surface area contributed by atoms with Gasteiger partial charge in [0.2, 0.25) is 0 Å². The Morgan fingerprint density at radius 3 is 2.57 bits per heavy atom. The summed E-state index contributed by atoms with van der Waals surface area (Å²) in [6, 6.07) is 0. The highest BCUT2D eigenvalue weighted by molar-refractivity contribution is 5.77. The molecule has 1 rings (SSSR count). The molecule has 6 heteroatoms. The zero-order chi connectivity index (χ0) is 16.2. The second kappa shape index (κ2) is 6.93. The molecule has 2 N–H and O–H groups in total. The van der Waals surface area contributed by atoms with E-state index in [-0.39, 0.29) is 24.0 Å². The fourth-order valence-electron chi connectivity index (χ4n) is 2.36. The van der Waals surface area contributed by atoms with Gasteiger partial charge in [-0.05, 0) is 32.6 Å². The van der Waals surface area contributed by atoms with E-state index in [0.29, 0.717) is 18.7 Å². The number of nitrogens with one attached hydrogen (secondary N) is 1. The molecule has 0 saturated carbocycles. The van der Waals surface area contributed by atoms with Gasteiger partial charge in [0.25, 0.3) is 5.91 Å². The van der Waals surface area contributed by atoms with Crippen LogP contribution in [-0.2, 0) is 11.8 Å². The first-order chi connectivity index (χ1) is 9.62. The van der Waals surface area contributed by atoms with Gasteiger partial charge in [-0.3, -0.25) is 9.48 Å². The molecule has 0 aromatic carbocycles. The number of aliphatic hydroxyl groups is 1. The van der Waals surface area contributed by atoms with Gasteiger partial charge in [-0.15, -0.1) is 0 Å². The standard InChI is InChI=1S/C15H27N3O3/c1-10(19)7-15(4,5)9-16-13(20)8-21-14-11(2)17-18(6)12(14)3/h10,19H,7-9H2,1-6H3,(H,16,20). The number of hydrogen-bond donors (Lipinski definition) is 2. The van der Waals surface area contributed by atoms with E-state index in [0.717, 1.165) is 11.4 Å². The van der Waals surface area contributed by atoms with Gasteiger partial charge in [0.15, 0.2) is 12.4 Å². The summed E-state index contributed by atoms with van der Waals surface area (Å²) in [6.07, 6.45) is 0.253. The average Bonchev–Trinajstić information content (AvgIpc) is 2.57. The highest BCUT2D eigenvalue weighted by atomic mass is 16.5. The molecule has 0 saturated heterocycles. The number of aryl methyl sites for hydroxylation is 2. The number of aromatic nitrogens is 2. The third-order valence-electron chi connectivity index (χ3n) is 3.40. The summed E-state index contributed by atoms with van der Waals surface area (Å²) in [7, 11) is 1.84. The summed E-state index contributed by atoms with van der Waals surface area (Å²) in [5.74, 6) is 0.493. The largest absolute Gasteiger partial charge is 0.480 e. The van der Waals surface area contributed by atoms with Crippen molar-refractivity contribution < 1.29 is 14.6 Å². The molecular weight excluding hydrogens is 270 g/mol. The summed E-state index contributed by atoms with van der Waals surface area (Å²) in [6.45, 7) is 10.0. The zero-order valence-electron chi connectivity index (χ0n) is 13.9. The Morgan fingerprint density at radius 1 is 1.48 bits per heavy atom. The Hall–Kier alpha value is -1.56. The molecule has 0 radical (unpaired) electrons. The Labute approximate surface area is 126 Å².